The first-order chi connectivity index (χ1) is 9.68. The summed E-state index contributed by atoms with van der Waals surface area (Å²) < 4.78 is 39.0. The molecule has 1 saturated heterocycles. The van der Waals surface area contributed by atoms with Crippen LogP contribution in [0.2, 0.25) is 0 Å². The lowest BCUT2D eigenvalue weighted by Gasteiger charge is -2.40. The van der Waals surface area contributed by atoms with Crippen LogP contribution in [0.1, 0.15) is 6.42 Å². The van der Waals surface area contributed by atoms with E-state index in [1.807, 2.05) is 18.2 Å². The van der Waals surface area contributed by atoms with Crippen LogP contribution in [0.25, 0.3) is 0 Å². The molecule has 0 saturated carbocycles. The molecule has 2 heterocycles. The van der Waals surface area contributed by atoms with Crippen LogP contribution in [-0.2, 0) is 0 Å². The Bertz CT molecular complexity index is 378. The molecule has 0 unspecified atom stereocenters. The second-order valence-electron chi connectivity index (χ2n) is 4.77. The molecule has 0 aromatic carbocycles. The third kappa shape index (κ3) is 7.21. The van der Waals surface area contributed by atoms with Crippen LogP contribution in [0, 0.1) is 0 Å². The lowest BCUT2D eigenvalue weighted by Crippen LogP contribution is -2.48. The van der Waals surface area contributed by atoms with Gasteiger partial charge in [0, 0.05) is 13.1 Å². The molecule has 4 nitrogen and oxygen atoms in total. The summed E-state index contributed by atoms with van der Waals surface area (Å²) in [6.07, 6.45) is 7.12. The topological polar surface area (TPSA) is 30.0 Å². The van der Waals surface area contributed by atoms with Crippen molar-refractivity contribution in [1.29, 1.82) is 0 Å². The molecule has 0 aromatic heterocycles. The molecule has 2 rings (SSSR count). The molecule has 10 heteroatoms. The number of nitrogens with zero attached hydrogens (tertiary/aromatic N) is 3. The van der Waals surface area contributed by atoms with E-state index in [1.165, 1.54) is 11.5 Å². The van der Waals surface area contributed by atoms with Crippen LogP contribution in [0.5, 0.6) is 0 Å². The number of rotatable bonds is 2. The van der Waals surface area contributed by atoms with E-state index in [0.29, 0.717) is 12.0 Å². The molecular formula is C11H19BF4N3OS-. The Balaban J connectivity index is 0.000000383. The van der Waals surface area contributed by atoms with Gasteiger partial charge in [0.15, 0.2) is 0 Å². The fourth-order valence-electron chi connectivity index (χ4n) is 2.00. The van der Waals surface area contributed by atoms with Gasteiger partial charge in [0.2, 0.25) is 0 Å². The van der Waals surface area contributed by atoms with Gasteiger partial charge < -0.3 is 17.3 Å². The van der Waals surface area contributed by atoms with E-state index >= 15 is 0 Å². The Labute approximate surface area is 126 Å². The van der Waals surface area contributed by atoms with E-state index in [0.717, 1.165) is 18.1 Å². The predicted molar refractivity (Wildman–Crippen MR) is 77.2 cm³/mol. The van der Waals surface area contributed by atoms with Gasteiger partial charge in [-0.2, -0.15) is 0 Å². The van der Waals surface area contributed by atoms with Crippen molar-refractivity contribution in [2.24, 2.45) is 0 Å². The minimum Gasteiger partial charge on any atom is -0.418 e. The van der Waals surface area contributed by atoms with Crippen molar-refractivity contribution in [1.82, 2.24) is 14.9 Å². The third-order valence-electron chi connectivity index (χ3n) is 2.91. The second-order valence-corrected chi connectivity index (χ2v) is 5.84. The summed E-state index contributed by atoms with van der Waals surface area (Å²) in [6.45, 7) is 2.83. The van der Waals surface area contributed by atoms with Crippen molar-refractivity contribution in [3.8, 4) is 0 Å². The predicted octanol–water partition coefficient (Wildman–Crippen LogP) is 2.67. The molecule has 122 valence electrons. The number of thioether (sulfide) groups is 1. The molecule has 2 aliphatic rings. The van der Waals surface area contributed by atoms with Crippen LogP contribution in [-0.4, -0.2) is 66.6 Å². The molecule has 0 amide bonds. The maximum atomic E-state index is 9.75. The van der Waals surface area contributed by atoms with Crippen LogP contribution in [0.15, 0.2) is 23.3 Å². The summed E-state index contributed by atoms with van der Waals surface area (Å²) in [4.78, 5) is 4.64. The van der Waals surface area contributed by atoms with Crippen molar-refractivity contribution in [2.45, 2.75) is 11.9 Å². The Hall–Kier alpha value is -0.705. The first-order valence-corrected chi connectivity index (χ1v) is 7.34. The first kappa shape index (κ1) is 18.3. The third-order valence-corrected chi connectivity index (χ3v) is 4.43. The van der Waals surface area contributed by atoms with Crippen molar-refractivity contribution < 1.29 is 22.5 Å². The van der Waals surface area contributed by atoms with E-state index in [-0.39, 0.29) is 0 Å². The molecule has 0 spiro atoms. The van der Waals surface area contributed by atoms with Crippen molar-refractivity contribution in [3.05, 3.63) is 23.3 Å². The molecule has 0 bridgehead atoms. The Morgan fingerprint density at radius 1 is 1.19 bits per heavy atom. The summed E-state index contributed by atoms with van der Waals surface area (Å²) in [7, 11) is -1.73. The SMILES string of the molecule is CN1CCCN(C)C1SC1=CC=CCN1O.F[B-](F)(F)F. The van der Waals surface area contributed by atoms with Gasteiger partial charge in [-0.3, -0.25) is 15.0 Å². The maximum Gasteiger partial charge on any atom is 0.673 e. The Morgan fingerprint density at radius 2 is 1.71 bits per heavy atom. The second kappa shape index (κ2) is 8.07. The van der Waals surface area contributed by atoms with Crippen LogP contribution >= 0.6 is 11.8 Å². The lowest BCUT2D eigenvalue weighted by molar-refractivity contribution is -0.0356. The minimum absolute atomic E-state index is 0.321. The normalized spacial score (nSPS) is 21.9. The zero-order chi connectivity index (χ0) is 16.0. The molecule has 1 N–H and O–H groups in total. The molecular weight excluding hydrogens is 309 g/mol. The number of allylic oxidation sites excluding steroid dienone is 2. The lowest BCUT2D eigenvalue weighted by atomic mass is 10.3. The molecule has 21 heavy (non-hydrogen) atoms. The standard InChI is InChI=1S/C11H19N3OS.BF4/c1-12-7-5-8-13(2)11(12)16-10-6-3-4-9-14(10)15;2-1(3,4)5/h3-4,6,11,15H,5,7-9H2,1-2H3;/q;-1. The largest absolute Gasteiger partial charge is 0.673 e. The van der Waals surface area contributed by atoms with E-state index in [4.69, 9.17) is 0 Å². The summed E-state index contributed by atoms with van der Waals surface area (Å²) >= 11 is 1.70. The van der Waals surface area contributed by atoms with Crippen molar-refractivity contribution in [3.63, 3.8) is 0 Å². The molecule has 1 fully saturated rings. The average Bonchev–Trinajstić information content (AvgIpc) is 2.34. The molecule has 0 aromatic rings. The van der Waals surface area contributed by atoms with Crippen molar-refractivity contribution >= 4 is 19.0 Å². The number of hydrogen-bond donors (Lipinski definition) is 1. The van der Waals surface area contributed by atoms with Crippen LogP contribution in [0.4, 0.5) is 17.3 Å². The number of hydroxylamine groups is 2. The fourth-order valence-corrected chi connectivity index (χ4v) is 3.14. The van der Waals surface area contributed by atoms with Gasteiger partial charge in [-0.15, -0.1) is 0 Å². The van der Waals surface area contributed by atoms with Crippen molar-refractivity contribution in [2.75, 3.05) is 33.7 Å². The van der Waals surface area contributed by atoms with Gasteiger partial charge in [-0.25, -0.2) is 5.06 Å². The maximum absolute atomic E-state index is 9.75. The van der Waals surface area contributed by atoms with Gasteiger partial charge >= 0.3 is 7.25 Å². The zero-order valence-corrected chi connectivity index (χ0v) is 12.7. The highest BCUT2D eigenvalue weighted by Gasteiger charge is 2.26. The first-order valence-electron chi connectivity index (χ1n) is 6.46. The van der Waals surface area contributed by atoms with E-state index in [1.54, 1.807) is 11.8 Å². The van der Waals surface area contributed by atoms with Crippen LogP contribution in [0.3, 0.4) is 0 Å². The summed E-state index contributed by atoms with van der Waals surface area (Å²) in [5, 5.41) is 12.0. The van der Waals surface area contributed by atoms with Gasteiger partial charge in [-0.05, 0) is 26.6 Å². The monoisotopic (exact) mass is 328 g/mol. The Morgan fingerprint density at radius 3 is 2.19 bits per heavy atom. The summed E-state index contributed by atoms with van der Waals surface area (Å²) in [5.74, 6) is 0. The quantitative estimate of drug-likeness (QED) is 0.622. The number of halogens is 4. The Kier molecular flexibility index (Phi) is 7.05. The van der Waals surface area contributed by atoms with E-state index in [2.05, 4.69) is 23.9 Å². The minimum atomic E-state index is -6.00. The zero-order valence-electron chi connectivity index (χ0n) is 11.9. The van der Waals surface area contributed by atoms with Gasteiger partial charge in [0.25, 0.3) is 0 Å². The molecule has 0 radical (unpaired) electrons. The molecule has 0 atom stereocenters. The highest BCUT2D eigenvalue weighted by Crippen LogP contribution is 2.30. The summed E-state index contributed by atoms with van der Waals surface area (Å²) in [6, 6.07) is 0. The van der Waals surface area contributed by atoms with Crippen LogP contribution < -0.4 is 0 Å². The highest BCUT2D eigenvalue weighted by atomic mass is 32.2. The van der Waals surface area contributed by atoms with Gasteiger partial charge in [0.1, 0.15) is 5.50 Å². The number of hydrogen-bond acceptors (Lipinski definition) is 5. The smallest absolute Gasteiger partial charge is 0.418 e. The van der Waals surface area contributed by atoms with E-state index in [9.17, 15) is 22.5 Å². The highest BCUT2D eigenvalue weighted by molar-refractivity contribution is 8.03. The van der Waals surface area contributed by atoms with E-state index < -0.39 is 7.25 Å². The molecule has 0 aliphatic carbocycles. The molecule has 2 aliphatic heterocycles. The van der Waals surface area contributed by atoms with Gasteiger partial charge in [0.05, 0.1) is 11.6 Å². The average molecular weight is 328 g/mol. The summed E-state index contributed by atoms with van der Waals surface area (Å²) in [5.41, 5.74) is 0.321. The van der Waals surface area contributed by atoms with Gasteiger partial charge in [-0.1, -0.05) is 23.9 Å². The fraction of sp³-hybridized carbons (Fsp3) is 0.636.